The molecule has 0 aliphatic carbocycles. The van der Waals surface area contributed by atoms with Crippen molar-refractivity contribution in [2.75, 3.05) is 0 Å². The highest BCUT2D eigenvalue weighted by atomic mass is 19.4. The van der Waals surface area contributed by atoms with E-state index >= 15 is 0 Å². The standard InChI is InChI=1S/C23H20F3NO2/c1-3-21(17-10-6-11-18(14-17)23(24,25)26)29-22(28)27-15(2)19-13-7-9-16-8-4-5-12-20(16)19/h3-15,21H,1H2,2H3,(H,27,28). The second kappa shape index (κ2) is 8.39. The average molecular weight is 399 g/mol. The highest BCUT2D eigenvalue weighted by Gasteiger charge is 2.31. The number of fused-ring (bicyclic) bond motifs is 1. The first-order valence-corrected chi connectivity index (χ1v) is 9.04. The molecule has 2 unspecified atom stereocenters. The number of halogens is 3. The monoisotopic (exact) mass is 399 g/mol. The van der Waals surface area contributed by atoms with Crippen molar-refractivity contribution in [2.45, 2.75) is 25.2 Å². The van der Waals surface area contributed by atoms with Crippen LogP contribution in [-0.4, -0.2) is 6.09 Å². The van der Waals surface area contributed by atoms with E-state index in [1.54, 1.807) is 0 Å². The Bertz CT molecular complexity index is 1020. The summed E-state index contributed by atoms with van der Waals surface area (Å²) in [6, 6.07) is 17.9. The molecule has 3 nitrogen and oxygen atoms in total. The van der Waals surface area contributed by atoms with Gasteiger partial charge in [0.05, 0.1) is 11.6 Å². The minimum atomic E-state index is -4.48. The number of hydrogen-bond acceptors (Lipinski definition) is 2. The number of alkyl carbamates (subject to hydrolysis) is 1. The Labute approximate surface area is 166 Å². The Morgan fingerprint density at radius 2 is 1.76 bits per heavy atom. The highest BCUT2D eigenvalue weighted by Crippen LogP contribution is 2.32. The lowest BCUT2D eigenvalue weighted by molar-refractivity contribution is -0.137. The molecule has 0 bridgehead atoms. The second-order valence-corrected chi connectivity index (χ2v) is 6.62. The lowest BCUT2D eigenvalue weighted by Crippen LogP contribution is -2.28. The minimum absolute atomic E-state index is 0.197. The van der Waals surface area contributed by atoms with E-state index in [0.29, 0.717) is 0 Å². The Kier molecular flexibility index (Phi) is 5.92. The van der Waals surface area contributed by atoms with Gasteiger partial charge in [-0.3, -0.25) is 0 Å². The van der Waals surface area contributed by atoms with Gasteiger partial charge < -0.3 is 10.1 Å². The summed E-state index contributed by atoms with van der Waals surface area (Å²) in [5.74, 6) is 0. The molecule has 3 aromatic rings. The topological polar surface area (TPSA) is 38.3 Å². The van der Waals surface area contributed by atoms with Crippen LogP contribution in [0.15, 0.2) is 79.4 Å². The summed E-state index contributed by atoms with van der Waals surface area (Å²) in [4.78, 5) is 12.4. The minimum Gasteiger partial charge on any atom is -0.437 e. The summed E-state index contributed by atoms with van der Waals surface area (Å²) in [5, 5.41) is 4.78. The SMILES string of the molecule is C=CC(OC(=O)NC(C)c1cccc2ccccc12)c1cccc(C(F)(F)F)c1. The van der Waals surface area contributed by atoms with E-state index in [1.807, 2.05) is 49.4 Å². The van der Waals surface area contributed by atoms with Crippen molar-refractivity contribution in [3.63, 3.8) is 0 Å². The molecule has 0 saturated carbocycles. The smallest absolute Gasteiger partial charge is 0.416 e. The van der Waals surface area contributed by atoms with Gasteiger partial charge in [-0.15, -0.1) is 0 Å². The number of amides is 1. The molecule has 0 saturated heterocycles. The van der Waals surface area contributed by atoms with Crippen LogP contribution in [0.25, 0.3) is 10.8 Å². The molecular formula is C23H20F3NO2. The third-order valence-electron chi connectivity index (χ3n) is 4.61. The number of ether oxygens (including phenoxy) is 1. The molecule has 3 rings (SSSR count). The lowest BCUT2D eigenvalue weighted by atomic mass is 10.00. The first kappa shape index (κ1) is 20.5. The summed E-state index contributed by atoms with van der Waals surface area (Å²) in [5.41, 5.74) is 0.298. The molecule has 0 radical (unpaired) electrons. The Morgan fingerprint density at radius 1 is 1.07 bits per heavy atom. The summed E-state index contributed by atoms with van der Waals surface area (Å²) < 4.78 is 44.1. The predicted octanol–water partition coefficient (Wildman–Crippen LogP) is 6.57. The van der Waals surface area contributed by atoms with Crippen LogP contribution >= 0.6 is 0 Å². The first-order valence-electron chi connectivity index (χ1n) is 9.04. The van der Waals surface area contributed by atoms with Crippen LogP contribution in [0.2, 0.25) is 0 Å². The maximum Gasteiger partial charge on any atom is 0.416 e. The number of rotatable bonds is 5. The van der Waals surface area contributed by atoms with Gasteiger partial charge in [0.2, 0.25) is 0 Å². The van der Waals surface area contributed by atoms with Crippen LogP contribution in [-0.2, 0) is 10.9 Å². The van der Waals surface area contributed by atoms with Gasteiger partial charge >= 0.3 is 12.3 Å². The van der Waals surface area contributed by atoms with E-state index in [4.69, 9.17) is 4.74 Å². The average Bonchev–Trinajstić information content (AvgIpc) is 2.71. The fourth-order valence-electron chi connectivity index (χ4n) is 3.18. The predicted molar refractivity (Wildman–Crippen MR) is 106 cm³/mol. The van der Waals surface area contributed by atoms with Crippen molar-refractivity contribution < 1.29 is 22.7 Å². The zero-order valence-corrected chi connectivity index (χ0v) is 15.7. The summed E-state index contributed by atoms with van der Waals surface area (Å²) in [6.07, 6.45) is -4.94. The number of carbonyl (C=O) groups is 1. The summed E-state index contributed by atoms with van der Waals surface area (Å²) in [7, 11) is 0. The molecule has 2 atom stereocenters. The highest BCUT2D eigenvalue weighted by molar-refractivity contribution is 5.86. The van der Waals surface area contributed by atoms with Crippen LogP contribution in [0, 0.1) is 0 Å². The maximum absolute atomic E-state index is 12.9. The van der Waals surface area contributed by atoms with Gasteiger partial charge in [0.15, 0.2) is 0 Å². The molecule has 1 N–H and O–H groups in total. The molecule has 0 aliphatic rings. The van der Waals surface area contributed by atoms with E-state index < -0.39 is 23.9 Å². The number of benzene rings is 3. The third-order valence-corrected chi connectivity index (χ3v) is 4.61. The van der Waals surface area contributed by atoms with E-state index in [9.17, 15) is 18.0 Å². The van der Waals surface area contributed by atoms with Gasteiger partial charge in [0.25, 0.3) is 0 Å². The van der Waals surface area contributed by atoms with Crippen LogP contribution in [0.3, 0.4) is 0 Å². The van der Waals surface area contributed by atoms with Gasteiger partial charge in [-0.2, -0.15) is 13.2 Å². The molecule has 0 aliphatic heterocycles. The molecule has 6 heteroatoms. The zero-order valence-electron chi connectivity index (χ0n) is 15.7. The largest absolute Gasteiger partial charge is 0.437 e. The quantitative estimate of drug-likeness (QED) is 0.493. The second-order valence-electron chi connectivity index (χ2n) is 6.62. The molecule has 0 aromatic heterocycles. The summed E-state index contributed by atoms with van der Waals surface area (Å²) >= 11 is 0. The van der Waals surface area contributed by atoms with Gasteiger partial charge in [-0.1, -0.05) is 61.2 Å². The maximum atomic E-state index is 12.9. The van der Waals surface area contributed by atoms with Crippen molar-refractivity contribution >= 4 is 16.9 Å². The molecule has 0 heterocycles. The zero-order chi connectivity index (χ0) is 21.0. The molecule has 29 heavy (non-hydrogen) atoms. The molecule has 1 amide bonds. The summed E-state index contributed by atoms with van der Waals surface area (Å²) in [6.45, 7) is 5.39. The number of carbonyl (C=O) groups excluding carboxylic acids is 1. The molecular weight excluding hydrogens is 379 g/mol. The van der Waals surface area contributed by atoms with Crippen molar-refractivity contribution in [1.29, 1.82) is 0 Å². The first-order chi connectivity index (χ1) is 13.8. The van der Waals surface area contributed by atoms with Gasteiger partial charge in [-0.05, 0) is 47.0 Å². The van der Waals surface area contributed by atoms with E-state index in [2.05, 4.69) is 11.9 Å². The molecule has 3 aromatic carbocycles. The fraction of sp³-hybridized carbons (Fsp3) is 0.174. The Balaban J connectivity index is 1.74. The van der Waals surface area contributed by atoms with E-state index in [-0.39, 0.29) is 11.6 Å². The van der Waals surface area contributed by atoms with Gasteiger partial charge in [0, 0.05) is 0 Å². The Morgan fingerprint density at radius 3 is 2.48 bits per heavy atom. The Hall–Kier alpha value is -3.28. The third kappa shape index (κ3) is 4.77. The van der Waals surface area contributed by atoms with Gasteiger partial charge in [0.1, 0.15) is 6.10 Å². The van der Waals surface area contributed by atoms with Crippen LogP contribution in [0.4, 0.5) is 18.0 Å². The van der Waals surface area contributed by atoms with Crippen molar-refractivity contribution in [3.05, 3.63) is 96.1 Å². The number of hydrogen-bond donors (Lipinski definition) is 1. The van der Waals surface area contributed by atoms with Gasteiger partial charge in [-0.25, -0.2) is 4.79 Å². The number of nitrogens with one attached hydrogen (secondary N) is 1. The van der Waals surface area contributed by atoms with Crippen molar-refractivity contribution in [2.24, 2.45) is 0 Å². The molecule has 150 valence electrons. The fourth-order valence-corrected chi connectivity index (χ4v) is 3.18. The van der Waals surface area contributed by atoms with Crippen molar-refractivity contribution in [1.82, 2.24) is 5.32 Å². The van der Waals surface area contributed by atoms with Crippen LogP contribution < -0.4 is 5.32 Å². The lowest BCUT2D eigenvalue weighted by Gasteiger charge is -2.20. The van der Waals surface area contributed by atoms with E-state index in [0.717, 1.165) is 28.5 Å². The molecule has 0 fully saturated rings. The van der Waals surface area contributed by atoms with E-state index in [1.165, 1.54) is 18.2 Å². The van der Waals surface area contributed by atoms with Crippen LogP contribution in [0.5, 0.6) is 0 Å². The molecule has 0 spiro atoms. The normalized spacial score (nSPS) is 13.5. The number of alkyl halides is 3. The van der Waals surface area contributed by atoms with Crippen LogP contribution in [0.1, 0.15) is 35.8 Å². The van der Waals surface area contributed by atoms with Crippen molar-refractivity contribution in [3.8, 4) is 0 Å².